The molecule has 3 atom stereocenters. The molecule has 2 saturated heterocycles. The molecule has 0 radical (unpaired) electrons. The van der Waals surface area contributed by atoms with Crippen molar-refractivity contribution in [1.29, 1.82) is 10.5 Å². The van der Waals surface area contributed by atoms with Gasteiger partial charge >= 0.3 is 0 Å². The SMILES string of the molecule is Cc1c(C(=O)CN2C3CCC2[C@H](O)C3)cc(COCCC#N)n1-c1ccc(C#N)cc1. The van der Waals surface area contributed by atoms with Crippen LogP contribution >= 0.6 is 0 Å². The summed E-state index contributed by atoms with van der Waals surface area (Å²) in [5, 5.41) is 28.0. The Morgan fingerprint density at radius 3 is 2.65 bits per heavy atom. The number of rotatable bonds is 8. The standard InChI is InChI=1S/C24H26N4O3/c1-16-21(24(30)14-27-19-7-8-22(27)23(29)12-19)11-20(15-31-10-2-9-25)28(16)18-5-3-17(13-26)4-6-18/h3-6,11,19,22-23,29H,2,7-8,10,12,14-15H2,1H3/t19?,22?,23-/m1/s1. The first kappa shape index (κ1) is 21.3. The van der Waals surface area contributed by atoms with E-state index in [1.807, 2.05) is 29.7 Å². The number of aliphatic hydroxyl groups excluding tert-OH is 1. The van der Waals surface area contributed by atoms with Gasteiger partial charge in [0, 0.05) is 34.7 Å². The molecule has 160 valence electrons. The minimum Gasteiger partial charge on any atom is -0.391 e. The second-order valence-electron chi connectivity index (χ2n) is 8.29. The zero-order chi connectivity index (χ0) is 22.0. The molecular formula is C24H26N4O3. The fourth-order valence-electron chi connectivity index (χ4n) is 4.96. The van der Waals surface area contributed by atoms with E-state index in [0.29, 0.717) is 36.7 Å². The molecule has 0 spiro atoms. The lowest BCUT2D eigenvalue weighted by atomic mass is 9.98. The Labute approximate surface area is 182 Å². The Hall–Kier alpha value is -2.97. The molecule has 1 aromatic carbocycles. The number of hydrogen-bond donors (Lipinski definition) is 1. The average Bonchev–Trinajstić information content (AvgIpc) is 3.41. The Bertz CT molecular complexity index is 1040. The molecule has 4 rings (SSSR count). The van der Waals surface area contributed by atoms with Crippen molar-refractivity contribution >= 4 is 5.78 Å². The van der Waals surface area contributed by atoms with Crippen molar-refractivity contribution < 1.29 is 14.6 Å². The normalized spacial score (nSPS) is 22.4. The molecule has 2 aromatic rings. The van der Waals surface area contributed by atoms with Gasteiger partial charge in [-0.25, -0.2) is 0 Å². The molecule has 1 aromatic heterocycles. The summed E-state index contributed by atoms with van der Waals surface area (Å²) in [6.45, 7) is 2.83. The zero-order valence-electron chi connectivity index (χ0n) is 17.6. The van der Waals surface area contributed by atoms with E-state index < -0.39 is 0 Å². The number of ether oxygens (including phenoxy) is 1. The number of carbonyl (C=O) groups excluding carboxylic acids is 1. The molecule has 7 heteroatoms. The second-order valence-corrected chi connectivity index (χ2v) is 8.29. The lowest BCUT2D eigenvalue weighted by Gasteiger charge is -2.21. The molecule has 0 amide bonds. The van der Waals surface area contributed by atoms with Gasteiger partial charge in [-0.1, -0.05) is 0 Å². The monoisotopic (exact) mass is 418 g/mol. The van der Waals surface area contributed by atoms with E-state index in [1.165, 1.54) is 0 Å². The minimum absolute atomic E-state index is 0.0363. The third-order valence-corrected chi connectivity index (χ3v) is 6.46. The number of nitriles is 2. The van der Waals surface area contributed by atoms with E-state index in [0.717, 1.165) is 36.3 Å². The first-order valence-corrected chi connectivity index (χ1v) is 10.7. The minimum atomic E-state index is -0.333. The van der Waals surface area contributed by atoms with Crippen LogP contribution in [0.5, 0.6) is 0 Å². The van der Waals surface area contributed by atoms with Gasteiger partial charge in [-0.15, -0.1) is 0 Å². The van der Waals surface area contributed by atoms with Gasteiger partial charge in [0.1, 0.15) is 0 Å². The number of benzene rings is 1. The van der Waals surface area contributed by atoms with Gasteiger partial charge in [-0.3, -0.25) is 9.69 Å². The number of fused-ring (bicyclic) bond motifs is 2. The summed E-state index contributed by atoms with van der Waals surface area (Å²) in [5.74, 6) is 0.0363. The molecule has 2 aliphatic rings. The largest absolute Gasteiger partial charge is 0.391 e. The summed E-state index contributed by atoms with van der Waals surface area (Å²) in [7, 11) is 0. The predicted octanol–water partition coefficient (Wildman–Crippen LogP) is 2.87. The van der Waals surface area contributed by atoms with Crippen LogP contribution in [0.4, 0.5) is 0 Å². The second kappa shape index (κ2) is 9.03. The number of aliphatic hydroxyl groups is 1. The highest BCUT2D eigenvalue weighted by Crippen LogP contribution is 2.37. The average molecular weight is 418 g/mol. The van der Waals surface area contributed by atoms with E-state index in [-0.39, 0.29) is 24.5 Å². The molecule has 7 nitrogen and oxygen atoms in total. The highest BCUT2D eigenvalue weighted by Gasteiger charge is 2.46. The topological polar surface area (TPSA) is 102 Å². The third-order valence-electron chi connectivity index (χ3n) is 6.46. The van der Waals surface area contributed by atoms with Crippen LogP contribution in [0.25, 0.3) is 5.69 Å². The number of Topliss-reactive ketones (excluding diaryl/α,β-unsaturated/α-hetero) is 1. The van der Waals surface area contributed by atoms with Crippen LogP contribution in [0.3, 0.4) is 0 Å². The van der Waals surface area contributed by atoms with Gasteiger partial charge in [0.05, 0.1) is 50.0 Å². The Morgan fingerprint density at radius 2 is 2.03 bits per heavy atom. The molecule has 2 bridgehead atoms. The molecule has 0 saturated carbocycles. The van der Waals surface area contributed by atoms with Crippen LogP contribution < -0.4 is 0 Å². The zero-order valence-corrected chi connectivity index (χ0v) is 17.6. The Balaban J connectivity index is 1.61. The summed E-state index contributed by atoms with van der Waals surface area (Å²) in [4.78, 5) is 15.4. The van der Waals surface area contributed by atoms with E-state index >= 15 is 0 Å². The Kier molecular flexibility index (Phi) is 6.20. The fourth-order valence-corrected chi connectivity index (χ4v) is 4.96. The molecule has 3 heterocycles. The third kappa shape index (κ3) is 4.13. The van der Waals surface area contributed by atoms with Crippen LogP contribution in [0.1, 0.15) is 53.0 Å². The number of aromatic nitrogens is 1. The molecule has 2 aliphatic heterocycles. The number of carbonyl (C=O) groups is 1. The highest BCUT2D eigenvalue weighted by atomic mass is 16.5. The first-order chi connectivity index (χ1) is 15.0. The summed E-state index contributed by atoms with van der Waals surface area (Å²) in [6, 6.07) is 13.6. The van der Waals surface area contributed by atoms with Gasteiger partial charge < -0.3 is 14.4 Å². The van der Waals surface area contributed by atoms with Crippen LogP contribution in [-0.4, -0.2) is 51.7 Å². The molecule has 31 heavy (non-hydrogen) atoms. The van der Waals surface area contributed by atoms with Crippen LogP contribution in [-0.2, 0) is 11.3 Å². The van der Waals surface area contributed by atoms with Crippen LogP contribution in [0, 0.1) is 29.6 Å². The quantitative estimate of drug-likeness (QED) is 0.522. The van der Waals surface area contributed by atoms with Crippen molar-refractivity contribution in [3.8, 4) is 17.8 Å². The predicted molar refractivity (Wildman–Crippen MR) is 114 cm³/mol. The smallest absolute Gasteiger partial charge is 0.178 e. The van der Waals surface area contributed by atoms with Gasteiger partial charge in [0.25, 0.3) is 0 Å². The summed E-state index contributed by atoms with van der Waals surface area (Å²) in [6.07, 6.45) is 2.71. The maximum atomic E-state index is 13.3. The number of nitrogens with zero attached hydrogens (tertiary/aromatic N) is 4. The van der Waals surface area contributed by atoms with E-state index in [1.54, 1.807) is 12.1 Å². The highest BCUT2D eigenvalue weighted by molar-refractivity contribution is 5.99. The molecule has 0 aliphatic carbocycles. The van der Waals surface area contributed by atoms with Gasteiger partial charge in [-0.2, -0.15) is 10.5 Å². The van der Waals surface area contributed by atoms with Crippen LogP contribution in [0.15, 0.2) is 30.3 Å². The molecule has 1 N–H and O–H groups in total. The van der Waals surface area contributed by atoms with Gasteiger partial charge in [0.15, 0.2) is 5.78 Å². The summed E-state index contributed by atoms with van der Waals surface area (Å²) >= 11 is 0. The summed E-state index contributed by atoms with van der Waals surface area (Å²) in [5.41, 5.74) is 3.71. The van der Waals surface area contributed by atoms with Crippen molar-refractivity contribution in [1.82, 2.24) is 9.47 Å². The van der Waals surface area contributed by atoms with E-state index in [9.17, 15) is 9.90 Å². The maximum absolute atomic E-state index is 13.3. The van der Waals surface area contributed by atoms with Crippen molar-refractivity contribution in [2.45, 2.75) is 57.4 Å². The molecule has 2 fully saturated rings. The lowest BCUT2D eigenvalue weighted by Crippen LogP contribution is -2.36. The number of ketones is 1. The van der Waals surface area contributed by atoms with Crippen molar-refractivity contribution in [2.75, 3.05) is 13.2 Å². The van der Waals surface area contributed by atoms with Crippen LogP contribution in [0.2, 0.25) is 0 Å². The Morgan fingerprint density at radius 1 is 1.26 bits per heavy atom. The molecule has 2 unspecified atom stereocenters. The fraction of sp³-hybridized carbons (Fsp3) is 0.458. The van der Waals surface area contributed by atoms with Crippen molar-refractivity contribution in [3.05, 3.63) is 52.8 Å². The van der Waals surface area contributed by atoms with E-state index in [2.05, 4.69) is 17.0 Å². The van der Waals surface area contributed by atoms with Gasteiger partial charge in [0.2, 0.25) is 0 Å². The van der Waals surface area contributed by atoms with Crippen molar-refractivity contribution in [3.63, 3.8) is 0 Å². The van der Waals surface area contributed by atoms with E-state index in [4.69, 9.17) is 15.3 Å². The van der Waals surface area contributed by atoms with Crippen molar-refractivity contribution in [2.24, 2.45) is 0 Å². The molecular weight excluding hydrogens is 392 g/mol. The van der Waals surface area contributed by atoms with Gasteiger partial charge in [-0.05, 0) is 56.5 Å². The maximum Gasteiger partial charge on any atom is 0.178 e. The first-order valence-electron chi connectivity index (χ1n) is 10.7. The summed E-state index contributed by atoms with van der Waals surface area (Å²) < 4.78 is 7.64. The number of hydrogen-bond acceptors (Lipinski definition) is 6. The lowest BCUT2D eigenvalue weighted by molar-refractivity contribution is 0.0873.